The van der Waals surface area contributed by atoms with Gasteiger partial charge < -0.3 is 14.4 Å². The van der Waals surface area contributed by atoms with Gasteiger partial charge in [0.15, 0.2) is 0 Å². The fourth-order valence-corrected chi connectivity index (χ4v) is 4.78. The number of hydrogen-bond acceptors (Lipinski definition) is 4. The van der Waals surface area contributed by atoms with Gasteiger partial charge in [0, 0.05) is 59.7 Å². The van der Waals surface area contributed by atoms with Crippen molar-refractivity contribution in [2.24, 2.45) is 0 Å². The number of benzene rings is 2. The maximum absolute atomic E-state index is 13.4. The molecule has 4 aromatic rings. The molecule has 1 amide bonds. The number of halogens is 1. The molecule has 1 aliphatic heterocycles. The Morgan fingerprint density at radius 1 is 1.00 bits per heavy atom. The Hall–Kier alpha value is -3.32. The third-order valence-corrected chi connectivity index (χ3v) is 6.58. The summed E-state index contributed by atoms with van der Waals surface area (Å²) >= 11 is 5.98. The summed E-state index contributed by atoms with van der Waals surface area (Å²) < 4.78 is 3.36. The number of amides is 1. The van der Waals surface area contributed by atoms with E-state index in [2.05, 4.69) is 21.5 Å². The van der Waals surface area contributed by atoms with Crippen molar-refractivity contribution in [2.75, 3.05) is 31.1 Å². The number of carbonyl (C=O) groups excluding carboxylic acids is 1. The van der Waals surface area contributed by atoms with E-state index in [4.69, 9.17) is 11.6 Å². The van der Waals surface area contributed by atoms with Crippen molar-refractivity contribution in [3.05, 3.63) is 70.1 Å². The molecule has 33 heavy (non-hydrogen) atoms. The fraction of sp³-hybridized carbons (Fsp3) is 0.320. The summed E-state index contributed by atoms with van der Waals surface area (Å²) in [6.45, 7) is 5.46. The lowest BCUT2D eigenvalue weighted by Crippen LogP contribution is -2.50. The maximum Gasteiger partial charge on any atom is 0.291 e. The number of para-hydroxylation sites is 1. The van der Waals surface area contributed by atoms with Crippen LogP contribution in [0.2, 0.25) is 5.02 Å². The van der Waals surface area contributed by atoms with Crippen LogP contribution in [0.5, 0.6) is 0 Å². The quantitative estimate of drug-likeness (QED) is 0.452. The highest BCUT2D eigenvalue weighted by Crippen LogP contribution is 2.26. The highest BCUT2D eigenvalue weighted by molar-refractivity contribution is 6.30. The van der Waals surface area contributed by atoms with E-state index in [0.717, 1.165) is 48.0 Å². The summed E-state index contributed by atoms with van der Waals surface area (Å²) in [7, 11) is 0. The molecule has 0 radical (unpaired) electrons. The first-order chi connectivity index (χ1) is 16.1. The predicted molar refractivity (Wildman–Crippen MR) is 132 cm³/mol. The van der Waals surface area contributed by atoms with Crippen LogP contribution in [0, 0.1) is 0 Å². The first kappa shape index (κ1) is 21.5. The van der Waals surface area contributed by atoms with Crippen molar-refractivity contribution in [2.45, 2.75) is 26.4 Å². The molecule has 0 N–H and O–H groups in total. The number of piperazine rings is 1. The minimum absolute atomic E-state index is 0.0522. The molecule has 1 saturated heterocycles. The zero-order chi connectivity index (χ0) is 22.9. The minimum Gasteiger partial charge on any atom is -0.368 e. The van der Waals surface area contributed by atoms with Gasteiger partial charge in [-0.1, -0.05) is 36.7 Å². The van der Waals surface area contributed by atoms with Gasteiger partial charge >= 0.3 is 0 Å². The highest BCUT2D eigenvalue weighted by Gasteiger charge is 2.23. The van der Waals surface area contributed by atoms with E-state index in [1.807, 2.05) is 53.4 Å². The van der Waals surface area contributed by atoms with Gasteiger partial charge in [0.1, 0.15) is 12.1 Å². The van der Waals surface area contributed by atoms with Gasteiger partial charge in [-0.05, 0) is 36.8 Å². The molecule has 1 aliphatic rings. The van der Waals surface area contributed by atoms with Gasteiger partial charge in [-0.3, -0.25) is 9.59 Å². The van der Waals surface area contributed by atoms with E-state index in [1.54, 1.807) is 6.20 Å². The number of aromatic nitrogens is 3. The van der Waals surface area contributed by atoms with E-state index in [9.17, 15) is 9.59 Å². The molecule has 2 aromatic heterocycles. The molecule has 0 saturated carbocycles. The second-order valence-corrected chi connectivity index (χ2v) is 8.82. The topological polar surface area (TPSA) is 63.4 Å². The van der Waals surface area contributed by atoms with Crippen molar-refractivity contribution >= 4 is 45.0 Å². The predicted octanol–water partition coefficient (Wildman–Crippen LogP) is 3.76. The van der Waals surface area contributed by atoms with Gasteiger partial charge in [0.05, 0.1) is 6.20 Å². The standard InChI is InChI=1S/C25H26ClN5O2/c1-2-11-30-22-6-4-3-5-20(22)21-16-27-31(25(33)24(21)30)17-23(32)29-14-12-28(13-15-29)19-9-7-18(26)8-10-19/h3-10,16H,2,11-15,17H2,1H3. The average molecular weight is 464 g/mol. The monoisotopic (exact) mass is 463 g/mol. The molecule has 0 aliphatic carbocycles. The van der Waals surface area contributed by atoms with E-state index < -0.39 is 0 Å². The van der Waals surface area contributed by atoms with Crippen molar-refractivity contribution < 1.29 is 4.79 Å². The second-order valence-electron chi connectivity index (χ2n) is 8.38. The third kappa shape index (κ3) is 3.97. The summed E-state index contributed by atoms with van der Waals surface area (Å²) in [5.41, 5.74) is 2.52. The summed E-state index contributed by atoms with van der Waals surface area (Å²) in [4.78, 5) is 30.4. The molecule has 0 spiro atoms. The third-order valence-electron chi connectivity index (χ3n) is 6.33. The maximum atomic E-state index is 13.4. The number of hydrogen-bond donors (Lipinski definition) is 0. The summed E-state index contributed by atoms with van der Waals surface area (Å²) in [6.07, 6.45) is 2.63. The molecule has 7 nitrogen and oxygen atoms in total. The molecule has 1 fully saturated rings. The molecule has 0 bridgehead atoms. The van der Waals surface area contributed by atoms with Crippen LogP contribution in [-0.2, 0) is 17.9 Å². The second kappa shape index (κ2) is 8.90. The molecule has 5 rings (SSSR count). The molecule has 8 heteroatoms. The highest BCUT2D eigenvalue weighted by atomic mass is 35.5. The molecule has 2 aromatic carbocycles. The van der Waals surface area contributed by atoms with Crippen LogP contribution >= 0.6 is 11.6 Å². The minimum atomic E-state index is -0.217. The Labute approximate surface area is 196 Å². The SMILES string of the molecule is CCCn1c2ccccc2c2cnn(CC(=O)N3CCN(c4ccc(Cl)cc4)CC3)c(=O)c21. The Balaban J connectivity index is 1.36. The van der Waals surface area contributed by atoms with Crippen LogP contribution in [0.15, 0.2) is 59.5 Å². The zero-order valence-corrected chi connectivity index (χ0v) is 19.3. The first-order valence-electron chi connectivity index (χ1n) is 11.3. The van der Waals surface area contributed by atoms with Crippen LogP contribution in [0.4, 0.5) is 5.69 Å². The number of rotatable bonds is 5. The molecular formula is C25H26ClN5O2. The number of aryl methyl sites for hydroxylation is 1. The van der Waals surface area contributed by atoms with Crippen molar-refractivity contribution in [3.63, 3.8) is 0 Å². The van der Waals surface area contributed by atoms with Crippen LogP contribution in [0.1, 0.15) is 13.3 Å². The van der Waals surface area contributed by atoms with Crippen LogP contribution in [0.3, 0.4) is 0 Å². The van der Waals surface area contributed by atoms with E-state index >= 15 is 0 Å². The smallest absolute Gasteiger partial charge is 0.291 e. The largest absolute Gasteiger partial charge is 0.368 e. The lowest BCUT2D eigenvalue weighted by atomic mass is 10.2. The van der Waals surface area contributed by atoms with Crippen molar-refractivity contribution in [1.29, 1.82) is 0 Å². The lowest BCUT2D eigenvalue weighted by Gasteiger charge is -2.36. The molecule has 0 atom stereocenters. The van der Waals surface area contributed by atoms with Gasteiger partial charge in [-0.2, -0.15) is 5.10 Å². The number of carbonyl (C=O) groups is 1. The number of nitrogens with zero attached hydrogens (tertiary/aromatic N) is 5. The number of anilines is 1. The van der Waals surface area contributed by atoms with Crippen LogP contribution in [0.25, 0.3) is 21.8 Å². The van der Waals surface area contributed by atoms with E-state index in [-0.39, 0.29) is 18.0 Å². The summed E-state index contributed by atoms with van der Waals surface area (Å²) in [5.74, 6) is -0.0853. The molecule has 3 heterocycles. The normalized spacial score (nSPS) is 14.4. The Kier molecular flexibility index (Phi) is 5.81. The molecule has 170 valence electrons. The molecule has 0 unspecified atom stereocenters. The van der Waals surface area contributed by atoms with Crippen molar-refractivity contribution in [1.82, 2.24) is 19.2 Å². The van der Waals surface area contributed by atoms with Gasteiger partial charge in [0.25, 0.3) is 5.56 Å². The summed E-state index contributed by atoms with van der Waals surface area (Å²) in [6, 6.07) is 15.7. The van der Waals surface area contributed by atoms with Gasteiger partial charge in [0.2, 0.25) is 5.91 Å². The van der Waals surface area contributed by atoms with E-state index in [1.165, 1.54) is 4.68 Å². The Morgan fingerprint density at radius 3 is 2.45 bits per heavy atom. The van der Waals surface area contributed by atoms with E-state index in [0.29, 0.717) is 23.6 Å². The molecular weight excluding hydrogens is 438 g/mol. The average Bonchev–Trinajstić information content (AvgIpc) is 3.16. The zero-order valence-electron chi connectivity index (χ0n) is 18.6. The van der Waals surface area contributed by atoms with Gasteiger partial charge in [-0.15, -0.1) is 0 Å². The van der Waals surface area contributed by atoms with Crippen LogP contribution in [-0.4, -0.2) is 51.3 Å². The van der Waals surface area contributed by atoms with Crippen LogP contribution < -0.4 is 10.5 Å². The van der Waals surface area contributed by atoms with Gasteiger partial charge in [-0.25, -0.2) is 4.68 Å². The Morgan fingerprint density at radius 2 is 1.73 bits per heavy atom. The number of fused-ring (bicyclic) bond motifs is 3. The Bertz CT molecular complexity index is 1370. The lowest BCUT2D eigenvalue weighted by molar-refractivity contribution is -0.132. The summed E-state index contributed by atoms with van der Waals surface area (Å²) in [5, 5.41) is 6.92. The van der Waals surface area contributed by atoms with Crippen molar-refractivity contribution in [3.8, 4) is 0 Å². The fourth-order valence-electron chi connectivity index (χ4n) is 4.66. The first-order valence-corrected chi connectivity index (χ1v) is 11.7.